The Labute approximate surface area is 370 Å². The number of hydrogen-bond donors (Lipinski definition) is 2. The van der Waals surface area contributed by atoms with Crippen molar-refractivity contribution in [1.82, 2.24) is 15.0 Å². The van der Waals surface area contributed by atoms with Crippen LogP contribution in [0.3, 0.4) is 0 Å². The normalized spacial score (nSPS) is 16.5. The van der Waals surface area contributed by atoms with E-state index in [4.69, 9.17) is 33.5 Å². The molecule has 5 rings (SSSR count). The molecule has 0 radical (unpaired) electrons. The highest BCUT2D eigenvalue weighted by atomic mass is 31.2. The first-order chi connectivity index (χ1) is 30.3. The van der Waals surface area contributed by atoms with Crippen molar-refractivity contribution in [3.63, 3.8) is 0 Å². The molecule has 12 nitrogen and oxygen atoms in total. The second kappa shape index (κ2) is 26.2. The summed E-state index contributed by atoms with van der Waals surface area (Å²) < 4.78 is 39.0. The SMILES string of the molecule is CCCCCCCCCCCCCC(CC)OCCCOP(=O)(O)[C@@H](OC)OC(C)CN1C=NC(NOC)c2ncn(C(c3ccccc3)(c3ccccc3)c3ccccc3)c21. The fourth-order valence-electron chi connectivity index (χ4n) is 8.43. The Hall–Kier alpha value is -3.71. The number of benzene rings is 3. The number of methoxy groups -OCH3 is 1. The van der Waals surface area contributed by atoms with Crippen LogP contribution >= 0.6 is 7.60 Å². The molecule has 1 aromatic heterocycles. The van der Waals surface area contributed by atoms with Gasteiger partial charge in [-0.05, 0) is 42.9 Å². The zero-order chi connectivity index (χ0) is 44.0. The van der Waals surface area contributed by atoms with E-state index in [9.17, 15) is 9.46 Å². The molecule has 3 aromatic carbocycles. The Bertz CT molecular complexity index is 1800. The predicted molar refractivity (Wildman–Crippen MR) is 248 cm³/mol. The van der Waals surface area contributed by atoms with Crippen molar-refractivity contribution < 1.29 is 33.0 Å². The van der Waals surface area contributed by atoms with Gasteiger partial charge in [-0.15, -0.1) is 0 Å². The van der Waals surface area contributed by atoms with Gasteiger partial charge >= 0.3 is 7.60 Å². The molecule has 2 heterocycles. The van der Waals surface area contributed by atoms with Crippen molar-refractivity contribution in [2.24, 2.45) is 4.99 Å². The van der Waals surface area contributed by atoms with Crippen LogP contribution in [0, 0.1) is 0 Å². The van der Waals surface area contributed by atoms with Crippen LogP contribution in [0.25, 0.3) is 0 Å². The number of aliphatic imine (C=N–C) groups is 1. The lowest BCUT2D eigenvalue weighted by atomic mass is 9.76. The van der Waals surface area contributed by atoms with Crippen molar-refractivity contribution in [1.29, 1.82) is 0 Å². The molecule has 0 amide bonds. The van der Waals surface area contributed by atoms with E-state index in [0.29, 0.717) is 18.7 Å². The van der Waals surface area contributed by atoms with Crippen LogP contribution < -0.4 is 10.4 Å². The number of imidazole rings is 1. The van der Waals surface area contributed by atoms with E-state index in [2.05, 4.69) is 60.3 Å². The Balaban J connectivity index is 1.21. The summed E-state index contributed by atoms with van der Waals surface area (Å²) in [5, 5.41) is 0. The monoisotopic (exact) mass is 874 g/mol. The molecule has 0 fully saturated rings. The average molecular weight is 874 g/mol. The molecular weight excluding hydrogens is 802 g/mol. The van der Waals surface area contributed by atoms with E-state index in [1.54, 1.807) is 13.4 Å². The van der Waals surface area contributed by atoms with Crippen LogP contribution in [0.5, 0.6) is 0 Å². The third kappa shape index (κ3) is 13.4. The third-order valence-electron chi connectivity index (χ3n) is 11.6. The van der Waals surface area contributed by atoms with Crippen LogP contribution in [0.4, 0.5) is 5.82 Å². The van der Waals surface area contributed by atoms with Crippen LogP contribution in [-0.4, -0.2) is 73.0 Å². The Kier molecular flexibility index (Phi) is 20.8. The van der Waals surface area contributed by atoms with Crippen molar-refractivity contribution >= 4 is 19.8 Å². The largest absolute Gasteiger partial charge is 0.383 e. The number of anilines is 1. The minimum atomic E-state index is -4.35. The average Bonchev–Trinajstić information content (AvgIpc) is 3.75. The van der Waals surface area contributed by atoms with E-state index < -0.39 is 31.4 Å². The van der Waals surface area contributed by atoms with Crippen molar-refractivity contribution in [2.45, 2.75) is 141 Å². The topological polar surface area (TPSA) is 129 Å². The standard InChI is InChI=1S/C49H72N5O7P/c1-6-8-9-10-11-12-13-14-15-16-26-34-44(7-2)59-35-27-36-60-62(55,56)48(57-4)61-40(3)37-53-38-51-46(52-58-5)45-47(53)54(39-50-45)49(41-28-20-17-21-29-41,42-30-22-18-23-31-42)43-32-24-19-25-33-43/h17-25,28-33,38-40,44,46,48,52H,6-16,26-27,34-37H2,1-5H3,(H,55,56)/t40?,44?,46?,48-/m0/s1. The summed E-state index contributed by atoms with van der Waals surface area (Å²) in [6.07, 6.45) is 19.5. The lowest BCUT2D eigenvalue weighted by Crippen LogP contribution is -2.43. The summed E-state index contributed by atoms with van der Waals surface area (Å²) in [6, 6.07) is 29.5. The number of nitrogens with one attached hydrogen (secondary N) is 1. The molecule has 0 saturated heterocycles. The van der Waals surface area contributed by atoms with Gasteiger partial charge in [-0.1, -0.05) is 175 Å². The summed E-state index contributed by atoms with van der Waals surface area (Å²) >= 11 is 0. The van der Waals surface area contributed by atoms with Gasteiger partial charge in [-0.3, -0.25) is 9.13 Å². The van der Waals surface area contributed by atoms with Crippen molar-refractivity contribution in [2.75, 3.05) is 38.9 Å². The summed E-state index contributed by atoms with van der Waals surface area (Å²) in [5.41, 5.74) is 5.82. The summed E-state index contributed by atoms with van der Waals surface area (Å²) in [5.74, 6) is 0.743. The fraction of sp³-hybridized carbons (Fsp3) is 0.551. The fourth-order valence-corrected chi connectivity index (χ4v) is 9.57. The first-order valence-corrected chi connectivity index (χ1v) is 24.5. The highest BCUT2D eigenvalue weighted by Crippen LogP contribution is 2.49. The van der Waals surface area contributed by atoms with Gasteiger partial charge in [-0.25, -0.2) is 9.98 Å². The van der Waals surface area contributed by atoms with Gasteiger partial charge in [0.15, 0.2) is 6.17 Å². The Morgan fingerprint density at radius 1 is 0.774 bits per heavy atom. The molecule has 5 atom stereocenters. The highest BCUT2D eigenvalue weighted by molar-refractivity contribution is 7.53. The zero-order valence-corrected chi connectivity index (χ0v) is 38.7. The number of nitrogens with zero attached hydrogens (tertiary/aromatic N) is 4. The van der Waals surface area contributed by atoms with Gasteiger partial charge in [0.1, 0.15) is 17.1 Å². The molecule has 1 aliphatic heterocycles. The number of ether oxygens (including phenoxy) is 3. The molecule has 4 unspecified atom stereocenters. The van der Waals surface area contributed by atoms with E-state index in [1.165, 1.54) is 71.3 Å². The summed E-state index contributed by atoms with van der Waals surface area (Å²) in [7, 11) is -1.45. The number of fused-ring (bicyclic) bond motifs is 1. The maximum absolute atomic E-state index is 13.5. The molecule has 62 heavy (non-hydrogen) atoms. The number of aromatic nitrogens is 2. The minimum absolute atomic E-state index is 0.0377. The highest BCUT2D eigenvalue weighted by Gasteiger charge is 2.43. The molecule has 0 bridgehead atoms. The van der Waals surface area contributed by atoms with Crippen LogP contribution in [0.1, 0.15) is 139 Å². The van der Waals surface area contributed by atoms with Gasteiger partial charge in [0.25, 0.3) is 6.03 Å². The molecule has 0 saturated carbocycles. The minimum Gasteiger partial charge on any atom is -0.378 e. The molecule has 2 N–H and O–H groups in total. The number of rotatable bonds is 31. The van der Waals surface area contributed by atoms with Crippen LogP contribution in [0.15, 0.2) is 102 Å². The molecule has 4 aromatic rings. The van der Waals surface area contributed by atoms with Crippen molar-refractivity contribution in [3.8, 4) is 0 Å². The molecule has 0 aliphatic carbocycles. The van der Waals surface area contributed by atoms with Gasteiger partial charge in [-0.2, -0.15) is 5.48 Å². The van der Waals surface area contributed by atoms with Crippen molar-refractivity contribution in [3.05, 3.63) is 120 Å². The molecular formula is C49H72N5O7P. The summed E-state index contributed by atoms with van der Waals surface area (Å²) in [6.45, 7) is 6.96. The van der Waals surface area contributed by atoms with Gasteiger partial charge < -0.3 is 33.4 Å². The van der Waals surface area contributed by atoms with E-state index in [0.717, 1.165) is 41.8 Å². The molecule has 0 spiro atoms. The second-order valence-corrected chi connectivity index (χ2v) is 18.0. The number of unbranched alkanes of at least 4 members (excludes halogenated alkanes) is 10. The zero-order valence-electron chi connectivity index (χ0n) is 37.8. The molecule has 13 heteroatoms. The van der Waals surface area contributed by atoms with E-state index >= 15 is 0 Å². The predicted octanol–water partition coefficient (Wildman–Crippen LogP) is 11.1. The Morgan fingerprint density at radius 3 is 1.84 bits per heavy atom. The lowest BCUT2D eigenvalue weighted by Gasteiger charge is -2.41. The summed E-state index contributed by atoms with van der Waals surface area (Å²) in [4.78, 5) is 28.1. The number of hydroxylamine groups is 1. The van der Waals surface area contributed by atoms with E-state index in [-0.39, 0.29) is 19.3 Å². The maximum atomic E-state index is 13.5. The van der Waals surface area contributed by atoms with Gasteiger partial charge in [0.2, 0.25) is 0 Å². The smallest absolute Gasteiger partial charge is 0.378 e. The van der Waals surface area contributed by atoms with Gasteiger partial charge in [0.05, 0.1) is 45.1 Å². The van der Waals surface area contributed by atoms with Gasteiger partial charge in [0, 0.05) is 13.7 Å². The Morgan fingerprint density at radius 2 is 1.32 bits per heavy atom. The number of hydrogen-bond acceptors (Lipinski definition) is 10. The lowest BCUT2D eigenvalue weighted by molar-refractivity contribution is -0.110. The maximum Gasteiger partial charge on any atom is 0.383 e. The van der Waals surface area contributed by atoms with Crippen LogP contribution in [-0.2, 0) is 33.7 Å². The first-order valence-electron chi connectivity index (χ1n) is 22.9. The molecule has 1 aliphatic rings. The van der Waals surface area contributed by atoms with Crippen LogP contribution in [0.2, 0.25) is 0 Å². The quantitative estimate of drug-likeness (QED) is 0.0166. The first kappa shape index (κ1) is 49.3. The second-order valence-electron chi connectivity index (χ2n) is 16.2. The van der Waals surface area contributed by atoms with E-state index in [1.807, 2.05) is 72.7 Å². The molecule has 340 valence electrons. The third-order valence-corrected chi connectivity index (χ3v) is 13.0.